The molecule has 10 rings (SSSR count). The van der Waals surface area contributed by atoms with Gasteiger partial charge in [0.1, 0.15) is 0 Å². The summed E-state index contributed by atoms with van der Waals surface area (Å²) in [4.78, 5) is 3.79. The van der Waals surface area contributed by atoms with Gasteiger partial charge >= 0.3 is 24.7 Å². The first-order valence-electron chi connectivity index (χ1n) is 17.2. The van der Waals surface area contributed by atoms with Crippen LogP contribution in [0.2, 0.25) is 0 Å². The molecule has 0 unspecified atom stereocenters. The maximum absolute atomic E-state index is 14.8. The minimum absolute atomic E-state index is 0.0618. The molecule has 4 aliphatic heterocycles. The van der Waals surface area contributed by atoms with Gasteiger partial charge in [0.05, 0.1) is 27.9 Å². The Morgan fingerprint density at radius 2 is 0.860 bits per heavy atom. The zero-order chi connectivity index (χ0) is 40.1. The number of para-hydroxylation sites is 1. The zero-order valence-corrected chi connectivity index (χ0v) is 29.2. The summed E-state index contributed by atoms with van der Waals surface area (Å²) in [7, 11) is 0. The lowest BCUT2D eigenvalue weighted by Gasteiger charge is -2.49. The van der Waals surface area contributed by atoms with Gasteiger partial charge in [-0.25, -0.2) is 0 Å². The maximum atomic E-state index is 14.8. The van der Waals surface area contributed by atoms with E-state index in [9.17, 15) is 52.7 Å². The van der Waals surface area contributed by atoms with Crippen LogP contribution >= 0.6 is 11.8 Å². The number of rotatable bonds is 1. The van der Waals surface area contributed by atoms with Crippen molar-refractivity contribution in [1.29, 1.82) is 0 Å². The fourth-order valence-corrected chi connectivity index (χ4v) is 9.97. The molecule has 0 spiro atoms. The molecule has 0 N–H and O–H groups in total. The fourth-order valence-electron chi connectivity index (χ4n) is 8.79. The average Bonchev–Trinajstić information content (AvgIpc) is 3.15. The lowest BCUT2D eigenvalue weighted by atomic mass is 9.29. The van der Waals surface area contributed by atoms with Gasteiger partial charge in [-0.2, -0.15) is 52.7 Å². The van der Waals surface area contributed by atoms with Crippen LogP contribution in [0.3, 0.4) is 0 Å². The van der Waals surface area contributed by atoms with E-state index in [0.717, 1.165) is 60.7 Å². The maximum Gasteiger partial charge on any atom is 0.418 e. The monoisotopic (exact) mass is 808 g/mol. The van der Waals surface area contributed by atoms with Crippen molar-refractivity contribution < 1.29 is 52.7 Å². The Kier molecular flexibility index (Phi) is 7.30. The Hall–Kier alpha value is -5.44. The van der Waals surface area contributed by atoms with Gasteiger partial charge < -0.3 is 9.80 Å². The second-order valence-electron chi connectivity index (χ2n) is 14.1. The molecule has 284 valence electrons. The first-order valence-corrected chi connectivity index (χ1v) is 18.0. The van der Waals surface area contributed by atoms with Gasteiger partial charge in [0.25, 0.3) is 6.71 Å². The molecule has 0 aliphatic carbocycles. The Morgan fingerprint density at radius 1 is 0.386 bits per heavy atom. The second-order valence-corrected chi connectivity index (χ2v) is 15.2. The molecular weight excluding hydrogens is 790 g/mol. The average molecular weight is 808 g/mol. The zero-order valence-electron chi connectivity index (χ0n) is 28.4. The third-order valence-electron chi connectivity index (χ3n) is 11.0. The smallest absolute Gasteiger partial charge is 0.312 e. The Labute approximate surface area is 319 Å². The van der Waals surface area contributed by atoms with Crippen LogP contribution in [0.5, 0.6) is 0 Å². The number of anilines is 6. The number of benzene rings is 6. The van der Waals surface area contributed by atoms with E-state index in [1.165, 1.54) is 33.7 Å². The van der Waals surface area contributed by atoms with E-state index >= 15 is 0 Å². The van der Waals surface area contributed by atoms with Gasteiger partial charge in [-0.05, 0) is 88.0 Å². The van der Waals surface area contributed by atoms with Crippen molar-refractivity contribution in [3.63, 3.8) is 0 Å². The lowest BCUT2D eigenvalue weighted by Crippen LogP contribution is -2.68. The van der Waals surface area contributed by atoms with Crippen LogP contribution in [0.15, 0.2) is 119 Å². The van der Waals surface area contributed by atoms with Crippen molar-refractivity contribution >= 4 is 92.1 Å². The van der Waals surface area contributed by atoms with Crippen molar-refractivity contribution in [3.05, 3.63) is 131 Å². The molecule has 0 aromatic heterocycles. The van der Waals surface area contributed by atoms with E-state index in [4.69, 9.17) is 0 Å². The molecule has 17 heteroatoms. The highest BCUT2D eigenvalue weighted by atomic mass is 32.2. The quantitative estimate of drug-likeness (QED) is 0.121. The van der Waals surface area contributed by atoms with Crippen molar-refractivity contribution in [1.82, 2.24) is 0 Å². The van der Waals surface area contributed by atoms with Gasteiger partial charge in [0.15, 0.2) is 0 Å². The molecule has 0 fully saturated rings. The predicted molar refractivity (Wildman–Crippen MR) is 196 cm³/mol. The molecule has 4 heterocycles. The number of hydrogen-bond donors (Lipinski definition) is 0. The van der Waals surface area contributed by atoms with E-state index in [1.54, 1.807) is 30.3 Å². The van der Waals surface area contributed by atoms with E-state index in [-0.39, 0.29) is 50.3 Å². The molecule has 0 amide bonds. The molecule has 0 saturated carbocycles. The van der Waals surface area contributed by atoms with Crippen molar-refractivity contribution in [2.24, 2.45) is 0 Å². The molecule has 0 saturated heterocycles. The topological polar surface area (TPSA) is 6.48 Å². The van der Waals surface area contributed by atoms with Crippen LogP contribution in [0.4, 0.5) is 86.8 Å². The van der Waals surface area contributed by atoms with E-state index < -0.39 is 66.1 Å². The molecule has 6 aromatic rings. The summed E-state index contributed by atoms with van der Waals surface area (Å²) in [5.41, 5.74) is -3.45. The number of nitrogens with zero attached hydrogens (tertiary/aromatic N) is 2. The summed E-state index contributed by atoms with van der Waals surface area (Å²) in [6.45, 7) is -2.29. The lowest BCUT2D eigenvalue weighted by molar-refractivity contribution is -0.138. The van der Waals surface area contributed by atoms with E-state index in [0.29, 0.717) is 26.8 Å². The summed E-state index contributed by atoms with van der Waals surface area (Å²) < 4.78 is 175. The number of alkyl halides is 12. The van der Waals surface area contributed by atoms with E-state index in [2.05, 4.69) is 0 Å². The molecule has 6 aromatic carbocycles. The first-order chi connectivity index (χ1) is 26.8. The standard InChI is InChI=1S/C40H18B2F12N2S/c43-37(44,45)19-9-12-28-24(15-19)42-26-17-21(39(49,50)51)11-14-30(26)56-29-13-10-20(38(46,47)48)16-25(29)41-23-6-2-4-8-32(23)57-33-18-31(34(42)36(56)35(33)41)55(28)27-7-3-1-5-22(27)40(52,53)54/h1-18H. The largest absolute Gasteiger partial charge is 0.418 e. The summed E-state index contributed by atoms with van der Waals surface area (Å²) >= 11 is 1.22. The molecular formula is C40H18B2F12N2S. The van der Waals surface area contributed by atoms with Crippen molar-refractivity contribution in [3.8, 4) is 0 Å². The van der Waals surface area contributed by atoms with Crippen LogP contribution < -0.4 is 42.6 Å². The minimum atomic E-state index is -4.95. The van der Waals surface area contributed by atoms with Crippen LogP contribution in [0.25, 0.3) is 0 Å². The molecule has 57 heavy (non-hydrogen) atoms. The van der Waals surface area contributed by atoms with Gasteiger partial charge in [-0.15, -0.1) is 0 Å². The van der Waals surface area contributed by atoms with E-state index in [1.807, 2.05) is 0 Å². The number of hydrogen-bond acceptors (Lipinski definition) is 3. The Morgan fingerprint density at radius 3 is 1.39 bits per heavy atom. The molecule has 4 aliphatic rings. The highest BCUT2D eigenvalue weighted by molar-refractivity contribution is 8.00. The van der Waals surface area contributed by atoms with Crippen LogP contribution in [-0.2, 0) is 24.7 Å². The number of fused-ring (bicyclic) bond motifs is 10. The highest BCUT2D eigenvalue weighted by Gasteiger charge is 2.52. The Balaban J connectivity index is 1.39. The van der Waals surface area contributed by atoms with Gasteiger partial charge in [-0.1, -0.05) is 65.8 Å². The molecule has 0 radical (unpaired) electrons. The summed E-state index contributed by atoms with van der Waals surface area (Å²) in [6.07, 6.45) is -19.6. The van der Waals surface area contributed by atoms with Crippen molar-refractivity contribution in [2.75, 3.05) is 9.80 Å². The van der Waals surface area contributed by atoms with Gasteiger partial charge in [0, 0.05) is 38.2 Å². The summed E-state index contributed by atoms with van der Waals surface area (Å²) in [5, 5.41) is 0. The normalized spacial score (nSPS) is 15.2. The van der Waals surface area contributed by atoms with Gasteiger partial charge in [0.2, 0.25) is 6.71 Å². The van der Waals surface area contributed by atoms with Crippen LogP contribution in [-0.4, -0.2) is 13.4 Å². The summed E-state index contributed by atoms with van der Waals surface area (Å²) in [5.74, 6) is 0. The van der Waals surface area contributed by atoms with Crippen LogP contribution in [0.1, 0.15) is 22.3 Å². The summed E-state index contributed by atoms with van der Waals surface area (Å²) in [6, 6.07) is 21.2. The Bertz CT molecular complexity index is 2720. The third-order valence-corrected chi connectivity index (χ3v) is 12.1. The first kappa shape index (κ1) is 35.9. The fraction of sp³-hybridized carbons (Fsp3) is 0.100. The highest BCUT2D eigenvalue weighted by Crippen LogP contribution is 2.51. The number of halogens is 12. The molecule has 0 atom stereocenters. The molecule has 0 bridgehead atoms. The third kappa shape index (κ3) is 5.19. The minimum Gasteiger partial charge on any atom is -0.312 e. The van der Waals surface area contributed by atoms with Crippen LogP contribution in [0, 0.1) is 0 Å². The SMILES string of the molecule is FC(F)(F)c1ccc2c(c1)B1c3cc(C(F)(F)F)ccc3N3c4ccc(C(F)(F)F)cc4B4c5ccccc5Sc5cc(c1c3c54)N2c1ccccc1C(F)(F)F. The second kappa shape index (κ2) is 11.6. The molecule has 2 nitrogen and oxygen atoms in total. The van der Waals surface area contributed by atoms with Gasteiger partial charge in [-0.3, -0.25) is 0 Å². The predicted octanol–water partition coefficient (Wildman–Crippen LogP) is 9.14. The van der Waals surface area contributed by atoms with Crippen molar-refractivity contribution in [2.45, 2.75) is 34.5 Å².